The maximum atomic E-state index is 12.9. The molecular formula is C24H13BrO2S. The van der Waals surface area contributed by atoms with E-state index in [1.54, 1.807) is 0 Å². The van der Waals surface area contributed by atoms with Gasteiger partial charge >= 0.3 is 0 Å². The van der Waals surface area contributed by atoms with Crippen molar-refractivity contribution in [2.45, 2.75) is 9.79 Å². The van der Waals surface area contributed by atoms with E-state index in [-0.39, 0.29) is 0 Å². The molecule has 1 aromatic heterocycles. The van der Waals surface area contributed by atoms with Gasteiger partial charge in [0.05, 0.1) is 20.6 Å². The quantitative estimate of drug-likeness (QED) is 0.269. The first-order valence-corrected chi connectivity index (χ1v) is 10.9. The van der Waals surface area contributed by atoms with Crippen LogP contribution in [0, 0.1) is 0 Å². The van der Waals surface area contributed by atoms with Gasteiger partial charge < -0.3 is 4.42 Å². The molecule has 1 aliphatic rings. The summed E-state index contributed by atoms with van der Waals surface area (Å²) in [4.78, 5) is 1.75. The van der Waals surface area contributed by atoms with Gasteiger partial charge in [0.25, 0.3) is 0 Å². The summed E-state index contributed by atoms with van der Waals surface area (Å²) in [5, 5.41) is 2.23. The highest BCUT2D eigenvalue weighted by Gasteiger charge is 2.27. The van der Waals surface area contributed by atoms with E-state index >= 15 is 0 Å². The van der Waals surface area contributed by atoms with Crippen LogP contribution < -0.4 is 0 Å². The molecule has 4 aromatic carbocycles. The molecule has 2 nitrogen and oxygen atoms in total. The van der Waals surface area contributed by atoms with Crippen LogP contribution >= 0.6 is 15.9 Å². The molecule has 28 heavy (non-hydrogen) atoms. The molecule has 0 amide bonds. The monoisotopic (exact) mass is 444 g/mol. The molecule has 1 aliphatic heterocycles. The Morgan fingerprint density at radius 1 is 0.714 bits per heavy atom. The highest BCUT2D eigenvalue weighted by atomic mass is 79.9. The van der Waals surface area contributed by atoms with Crippen molar-refractivity contribution < 1.29 is 8.63 Å². The maximum absolute atomic E-state index is 12.9. The Balaban J connectivity index is 1.57. The van der Waals surface area contributed by atoms with Crippen molar-refractivity contribution in [1.82, 2.24) is 0 Å². The normalized spacial score (nSPS) is 15.1. The number of fused-ring (bicyclic) bond motifs is 6. The summed E-state index contributed by atoms with van der Waals surface area (Å²) >= 11 is 3.63. The molecular weight excluding hydrogens is 432 g/mol. The minimum absolute atomic E-state index is 0.873. The van der Waals surface area contributed by atoms with Gasteiger partial charge in [-0.1, -0.05) is 52.3 Å². The van der Waals surface area contributed by atoms with Gasteiger partial charge in [-0.15, -0.1) is 0 Å². The number of hydrogen-bond acceptors (Lipinski definition) is 2. The predicted molar refractivity (Wildman–Crippen MR) is 117 cm³/mol. The highest BCUT2D eigenvalue weighted by Crippen LogP contribution is 2.46. The fourth-order valence-electron chi connectivity index (χ4n) is 4.01. The van der Waals surface area contributed by atoms with Crippen LogP contribution in [-0.4, -0.2) is 4.21 Å². The number of hydrogen-bond donors (Lipinski definition) is 0. The van der Waals surface area contributed by atoms with Crippen LogP contribution in [0.5, 0.6) is 0 Å². The SMILES string of the molecule is O=S1c2ccc(-c3ccc4oc5ccccc5c4c3)cc2-c2c(Br)cccc21. The molecule has 134 valence electrons. The molecule has 0 N–H and O–H groups in total. The van der Waals surface area contributed by atoms with Crippen LogP contribution in [0.4, 0.5) is 0 Å². The first kappa shape index (κ1) is 16.3. The van der Waals surface area contributed by atoms with Gasteiger partial charge in [-0.25, -0.2) is 4.21 Å². The molecule has 0 bridgehead atoms. The van der Waals surface area contributed by atoms with Gasteiger partial charge in [0.15, 0.2) is 0 Å². The second kappa shape index (κ2) is 5.90. The molecule has 0 saturated heterocycles. The molecule has 4 heteroatoms. The molecule has 2 heterocycles. The zero-order valence-corrected chi connectivity index (χ0v) is 17.0. The van der Waals surface area contributed by atoms with E-state index in [0.717, 1.165) is 58.5 Å². The lowest BCUT2D eigenvalue weighted by Crippen LogP contribution is -1.86. The van der Waals surface area contributed by atoms with Gasteiger partial charge in [-0.3, -0.25) is 0 Å². The van der Waals surface area contributed by atoms with Crippen LogP contribution in [0.3, 0.4) is 0 Å². The Labute approximate surface area is 172 Å². The van der Waals surface area contributed by atoms with Crippen LogP contribution in [0.25, 0.3) is 44.2 Å². The Morgan fingerprint density at radius 3 is 2.43 bits per heavy atom. The lowest BCUT2D eigenvalue weighted by Gasteiger charge is -2.07. The van der Waals surface area contributed by atoms with Crippen molar-refractivity contribution in [3.8, 4) is 22.3 Å². The number of furan rings is 1. The van der Waals surface area contributed by atoms with E-state index in [9.17, 15) is 4.21 Å². The van der Waals surface area contributed by atoms with E-state index in [1.807, 2.05) is 48.5 Å². The summed E-state index contributed by atoms with van der Waals surface area (Å²) < 4.78 is 19.8. The first-order valence-electron chi connectivity index (χ1n) is 8.97. The summed E-state index contributed by atoms with van der Waals surface area (Å²) in [6.45, 7) is 0. The maximum Gasteiger partial charge on any atom is 0.135 e. The van der Waals surface area contributed by atoms with Crippen LogP contribution in [0.1, 0.15) is 0 Å². The zero-order valence-electron chi connectivity index (χ0n) is 14.6. The van der Waals surface area contributed by atoms with Crippen molar-refractivity contribution in [1.29, 1.82) is 0 Å². The Hall–Kier alpha value is -2.69. The van der Waals surface area contributed by atoms with E-state index in [2.05, 4.69) is 46.3 Å². The summed E-state index contributed by atoms with van der Waals surface area (Å²) in [6.07, 6.45) is 0. The highest BCUT2D eigenvalue weighted by molar-refractivity contribution is 9.10. The molecule has 1 atom stereocenters. The second-order valence-electron chi connectivity index (χ2n) is 6.90. The largest absolute Gasteiger partial charge is 0.456 e. The number of benzene rings is 4. The molecule has 1 unspecified atom stereocenters. The Bertz CT molecular complexity index is 1450. The van der Waals surface area contributed by atoms with E-state index in [0.29, 0.717) is 0 Å². The average molecular weight is 445 g/mol. The third-order valence-corrected chi connectivity index (χ3v) is 7.49. The topological polar surface area (TPSA) is 30.2 Å². The lowest BCUT2D eigenvalue weighted by molar-refractivity contribution is 0.669. The van der Waals surface area contributed by atoms with Gasteiger partial charge in [-0.2, -0.15) is 0 Å². The van der Waals surface area contributed by atoms with Crippen molar-refractivity contribution >= 4 is 48.7 Å². The van der Waals surface area contributed by atoms with Gasteiger partial charge in [0.2, 0.25) is 0 Å². The molecule has 0 radical (unpaired) electrons. The predicted octanol–water partition coefficient (Wildman–Crippen LogP) is 7.16. The average Bonchev–Trinajstić information content (AvgIpc) is 3.24. The summed E-state index contributed by atoms with van der Waals surface area (Å²) in [6, 6.07) is 26.5. The minimum Gasteiger partial charge on any atom is -0.456 e. The van der Waals surface area contributed by atoms with Gasteiger partial charge in [0.1, 0.15) is 11.2 Å². The number of rotatable bonds is 1. The Morgan fingerprint density at radius 2 is 1.50 bits per heavy atom. The van der Waals surface area contributed by atoms with E-state index in [1.165, 1.54) is 0 Å². The van der Waals surface area contributed by atoms with Crippen molar-refractivity contribution in [3.05, 3.63) is 83.3 Å². The lowest BCUT2D eigenvalue weighted by atomic mass is 9.98. The van der Waals surface area contributed by atoms with Crippen molar-refractivity contribution in [2.75, 3.05) is 0 Å². The van der Waals surface area contributed by atoms with E-state index in [4.69, 9.17) is 4.42 Å². The van der Waals surface area contributed by atoms with Crippen LogP contribution in [0.2, 0.25) is 0 Å². The molecule has 0 spiro atoms. The van der Waals surface area contributed by atoms with Crippen LogP contribution in [0.15, 0.2) is 97.5 Å². The van der Waals surface area contributed by atoms with Crippen molar-refractivity contribution in [2.24, 2.45) is 0 Å². The molecule has 6 rings (SSSR count). The minimum atomic E-state index is -1.13. The summed E-state index contributed by atoms with van der Waals surface area (Å²) in [5.41, 5.74) is 6.08. The third kappa shape index (κ3) is 2.22. The molecule has 0 saturated carbocycles. The second-order valence-corrected chi connectivity index (χ2v) is 9.17. The first-order chi connectivity index (χ1) is 13.7. The Kier molecular flexibility index (Phi) is 3.43. The molecule has 0 fully saturated rings. The fraction of sp³-hybridized carbons (Fsp3) is 0. The van der Waals surface area contributed by atoms with Gasteiger partial charge in [0, 0.05) is 26.4 Å². The summed E-state index contributed by atoms with van der Waals surface area (Å²) in [5.74, 6) is 0. The number of para-hydroxylation sites is 1. The van der Waals surface area contributed by atoms with Crippen LogP contribution in [-0.2, 0) is 10.8 Å². The molecule has 5 aromatic rings. The standard InChI is InChI=1S/C24H13BrO2S/c25-19-5-3-7-23-24(19)18-13-15(9-11-22(18)28(23)26)14-8-10-21-17(12-14)16-4-1-2-6-20(16)27-21/h1-13H. The smallest absolute Gasteiger partial charge is 0.135 e. The zero-order chi connectivity index (χ0) is 18.8. The van der Waals surface area contributed by atoms with Gasteiger partial charge in [-0.05, 0) is 53.6 Å². The van der Waals surface area contributed by atoms with Crippen molar-refractivity contribution in [3.63, 3.8) is 0 Å². The molecule has 0 aliphatic carbocycles. The fourth-order valence-corrected chi connectivity index (χ4v) is 6.12. The summed E-state index contributed by atoms with van der Waals surface area (Å²) in [7, 11) is -1.13. The van der Waals surface area contributed by atoms with E-state index < -0.39 is 10.8 Å². The third-order valence-electron chi connectivity index (χ3n) is 5.33. The number of halogens is 1.